The van der Waals surface area contributed by atoms with Crippen LogP contribution in [0.25, 0.3) is 0 Å². The second-order valence-electron chi connectivity index (χ2n) is 4.70. The minimum absolute atomic E-state index is 0.402. The molecule has 0 saturated carbocycles. The Balaban J connectivity index is 2.34. The first-order valence-corrected chi connectivity index (χ1v) is 8.23. The van der Waals surface area contributed by atoms with Crippen molar-refractivity contribution in [3.63, 3.8) is 0 Å². The third-order valence-corrected chi connectivity index (χ3v) is 6.39. The largest absolute Gasteiger partial charge is 0.327 e. The summed E-state index contributed by atoms with van der Waals surface area (Å²) >= 11 is 4.19. The van der Waals surface area contributed by atoms with E-state index in [1.807, 2.05) is 0 Å². The Labute approximate surface area is 103 Å². The van der Waals surface area contributed by atoms with Crippen LogP contribution in [-0.2, 0) is 0 Å². The van der Waals surface area contributed by atoms with E-state index in [0.29, 0.717) is 11.3 Å². The summed E-state index contributed by atoms with van der Waals surface area (Å²) in [4.78, 5) is 0. The Morgan fingerprint density at radius 3 is 2.60 bits per heavy atom. The summed E-state index contributed by atoms with van der Waals surface area (Å²) in [5.41, 5.74) is 6.34. The Bertz CT molecular complexity index is 175. The zero-order chi connectivity index (χ0) is 11.3. The molecule has 3 heteroatoms. The molecule has 4 unspecified atom stereocenters. The highest BCUT2D eigenvalue weighted by Gasteiger charge is 2.28. The van der Waals surface area contributed by atoms with Gasteiger partial charge in [-0.1, -0.05) is 33.6 Å². The average Bonchev–Trinajstić information content (AvgIpc) is 2.18. The number of rotatable bonds is 5. The SMILES string of the molecule is CCCC(C)CC(N)C1SCCSC1C. The Morgan fingerprint density at radius 1 is 1.33 bits per heavy atom. The lowest BCUT2D eigenvalue weighted by Gasteiger charge is -2.33. The molecule has 4 atom stereocenters. The van der Waals surface area contributed by atoms with Crippen molar-refractivity contribution in [3.8, 4) is 0 Å². The first kappa shape index (κ1) is 13.7. The van der Waals surface area contributed by atoms with Gasteiger partial charge in [-0.2, -0.15) is 23.5 Å². The molecule has 0 bridgehead atoms. The van der Waals surface area contributed by atoms with E-state index in [-0.39, 0.29) is 0 Å². The summed E-state index contributed by atoms with van der Waals surface area (Å²) in [6.07, 6.45) is 3.82. The predicted octanol–water partition coefficient (Wildman–Crippen LogP) is 3.38. The highest BCUT2D eigenvalue weighted by molar-refractivity contribution is 8.07. The molecule has 1 nitrogen and oxygen atoms in total. The Hall–Kier alpha value is 0.660. The van der Waals surface area contributed by atoms with Crippen LogP contribution < -0.4 is 5.73 Å². The molecule has 1 heterocycles. The van der Waals surface area contributed by atoms with E-state index in [4.69, 9.17) is 5.73 Å². The maximum absolute atomic E-state index is 6.34. The lowest BCUT2D eigenvalue weighted by atomic mass is 9.95. The van der Waals surface area contributed by atoms with Gasteiger partial charge < -0.3 is 5.73 Å². The Kier molecular flexibility index (Phi) is 6.48. The van der Waals surface area contributed by atoms with Gasteiger partial charge in [0.2, 0.25) is 0 Å². The smallest absolute Gasteiger partial charge is 0.0315 e. The molecule has 2 N–H and O–H groups in total. The summed E-state index contributed by atoms with van der Waals surface area (Å²) in [5, 5.41) is 1.43. The average molecular weight is 247 g/mol. The van der Waals surface area contributed by atoms with E-state index in [1.165, 1.54) is 30.8 Å². The minimum atomic E-state index is 0.402. The van der Waals surface area contributed by atoms with Crippen molar-refractivity contribution in [3.05, 3.63) is 0 Å². The molecule has 1 saturated heterocycles. The van der Waals surface area contributed by atoms with Crippen LogP contribution in [0.5, 0.6) is 0 Å². The molecule has 0 radical (unpaired) electrons. The maximum atomic E-state index is 6.34. The molecule has 1 fully saturated rings. The van der Waals surface area contributed by atoms with Crippen molar-refractivity contribution in [2.45, 2.75) is 56.6 Å². The molecular formula is C12H25NS2. The van der Waals surface area contributed by atoms with Crippen LogP contribution in [0.1, 0.15) is 40.0 Å². The Morgan fingerprint density at radius 2 is 2.00 bits per heavy atom. The lowest BCUT2D eigenvalue weighted by Crippen LogP contribution is -2.41. The monoisotopic (exact) mass is 247 g/mol. The third-order valence-electron chi connectivity index (χ3n) is 3.12. The summed E-state index contributed by atoms with van der Waals surface area (Å²) in [6, 6.07) is 0.402. The lowest BCUT2D eigenvalue weighted by molar-refractivity contribution is 0.424. The summed E-state index contributed by atoms with van der Waals surface area (Å²) in [7, 11) is 0. The predicted molar refractivity (Wildman–Crippen MR) is 74.8 cm³/mol. The fourth-order valence-corrected chi connectivity index (χ4v) is 5.24. The van der Waals surface area contributed by atoms with E-state index >= 15 is 0 Å². The number of hydrogen-bond acceptors (Lipinski definition) is 3. The van der Waals surface area contributed by atoms with Gasteiger partial charge in [0.05, 0.1) is 0 Å². The number of nitrogens with two attached hydrogens (primary N) is 1. The normalized spacial score (nSPS) is 31.2. The van der Waals surface area contributed by atoms with E-state index in [9.17, 15) is 0 Å². The van der Waals surface area contributed by atoms with Gasteiger partial charge in [0, 0.05) is 28.0 Å². The highest BCUT2D eigenvalue weighted by Crippen LogP contribution is 2.34. The van der Waals surface area contributed by atoms with Gasteiger partial charge in [-0.25, -0.2) is 0 Å². The van der Waals surface area contributed by atoms with Crippen molar-refractivity contribution in [2.75, 3.05) is 11.5 Å². The molecule has 1 aliphatic heterocycles. The fraction of sp³-hybridized carbons (Fsp3) is 1.00. The second-order valence-corrected chi connectivity index (χ2v) is 7.48. The van der Waals surface area contributed by atoms with Crippen molar-refractivity contribution >= 4 is 23.5 Å². The zero-order valence-corrected chi connectivity index (χ0v) is 11.9. The van der Waals surface area contributed by atoms with Crippen LogP contribution in [0.4, 0.5) is 0 Å². The van der Waals surface area contributed by atoms with Gasteiger partial charge in [0.15, 0.2) is 0 Å². The molecular weight excluding hydrogens is 222 g/mol. The van der Waals surface area contributed by atoms with E-state index in [1.54, 1.807) is 0 Å². The summed E-state index contributed by atoms with van der Waals surface area (Å²) in [5.74, 6) is 3.39. The third kappa shape index (κ3) is 4.58. The molecule has 0 aliphatic carbocycles. The van der Waals surface area contributed by atoms with Gasteiger partial charge in [-0.15, -0.1) is 0 Å². The fourth-order valence-electron chi connectivity index (χ4n) is 2.33. The van der Waals surface area contributed by atoms with Crippen LogP contribution in [0.3, 0.4) is 0 Å². The van der Waals surface area contributed by atoms with E-state index in [0.717, 1.165) is 11.2 Å². The molecule has 1 aliphatic rings. The van der Waals surface area contributed by atoms with Crippen LogP contribution in [0, 0.1) is 5.92 Å². The molecule has 0 aromatic rings. The van der Waals surface area contributed by atoms with E-state index in [2.05, 4.69) is 44.3 Å². The van der Waals surface area contributed by atoms with Crippen LogP contribution in [0.2, 0.25) is 0 Å². The maximum Gasteiger partial charge on any atom is 0.0315 e. The molecule has 0 aromatic carbocycles. The molecule has 1 rings (SSSR count). The molecule has 0 amide bonds. The van der Waals surface area contributed by atoms with Crippen LogP contribution in [0.15, 0.2) is 0 Å². The second kappa shape index (κ2) is 7.08. The van der Waals surface area contributed by atoms with Gasteiger partial charge in [-0.05, 0) is 12.3 Å². The molecule has 15 heavy (non-hydrogen) atoms. The summed E-state index contributed by atoms with van der Waals surface area (Å²) < 4.78 is 0. The number of hydrogen-bond donors (Lipinski definition) is 1. The van der Waals surface area contributed by atoms with Crippen molar-refractivity contribution in [1.82, 2.24) is 0 Å². The van der Waals surface area contributed by atoms with Crippen molar-refractivity contribution in [1.29, 1.82) is 0 Å². The molecule has 0 spiro atoms. The number of thioether (sulfide) groups is 2. The van der Waals surface area contributed by atoms with Crippen molar-refractivity contribution in [2.24, 2.45) is 11.7 Å². The van der Waals surface area contributed by atoms with Crippen LogP contribution in [-0.4, -0.2) is 28.0 Å². The van der Waals surface area contributed by atoms with Gasteiger partial charge in [0.25, 0.3) is 0 Å². The first-order valence-electron chi connectivity index (χ1n) is 6.14. The zero-order valence-electron chi connectivity index (χ0n) is 10.2. The quantitative estimate of drug-likeness (QED) is 0.806. The van der Waals surface area contributed by atoms with Crippen molar-refractivity contribution < 1.29 is 0 Å². The van der Waals surface area contributed by atoms with Gasteiger partial charge in [-0.3, -0.25) is 0 Å². The van der Waals surface area contributed by atoms with Crippen LogP contribution >= 0.6 is 23.5 Å². The van der Waals surface area contributed by atoms with Gasteiger partial charge in [0.1, 0.15) is 0 Å². The standard InChI is InChI=1S/C12H25NS2/c1-4-5-9(2)8-11(13)12-10(3)14-6-7-15-12/h9-12H,4-8,13H2,1-3H3. The highest BCUT2D eigenvalue weighted by atomic mass is 32.2. The topological polar surface area (TPSA) is 26.0 Å². The summed E-state index contributed by atoms with van der Waals surface area (Å²) in [6.45, 7) is 6.94. The molecule has 90 valence electrons. The minimum Gasteiger partial charge on any atom is -0.327 e. The molecule has 0 aromatic heterocycles. The first-order chi connectivity index (χ1) is 7.15. The van der Waals surface area contributed by atoms with Gasteiger partial charge >= 0.3 is 0 Å². The van der Waals surface area contributed by atoms with E-state index < -0.39 is 0 Å².